The van der Waals surface area contributed by atoms with Crippen molar-refractivity contribution >= 4 is 5.69 Å². The van der Waals surface area contributed by atoms with Gasteiger partial charge in [-0.25, -0.2) is 0 Å². The van der Waals surface area contributed by atoms with E-state index in [1.54, 1.807) is 23.9 Å². The van der Waals surface area contributed by atoms with Gasteiger partial charge in [0.1, 0.15) is 5.69 Å². The largest absolute Gasteiger partial charge is 0.384 e. The maximum absolute atomic E-state index is 11.9. The molecule has 1 N–H and O–H groups in total. The van der Waals surface area contributed by atoms with Gasteiger partial charge in [0.15, 0.2) is 0 Å². The first-order chi connectivity index (χ1) is 7.81. The lowest BCUT2D eigenvalue weighted by Gasteiger charge is -2.07. The Morgan fingerprint density at radius 3 is 2.56 bits per heavy atom. The summed E-state index contributed by atoms with van der Waals surface area (Å²) in [6.07, 6.45) is 1.80. The van der Waals surface area contributed by atoms with Gasteiger partial charge in [-0.15, -0.1) is 0 Å². The first-order valence-electron chi connectivity index (χ1n) is 5.22. The summed E-state index contributed by atoms with van der Waals surface area (Å²) >= 11 is 0. The third-order valence-corrected chi connectivity index (χ3v) is 2.49. The number of hydrogen-bond acceptors (Lipinski definition) is 2. The zero-order valence-electron chi connectivity index (χ0n) is 9.18. The number of anilines is 1. The van der Waals surface area contributed by atoms with Crippen LogP contribution >= 0.6 is 0 Å². The first kappa shape index (κ1) is 10.5. The summed E-state index contributed by atoms with van der Waals surface area (Å²) in [6.45, 7) is 0.606. The molecule has 0 bridgehead atoms. The second-order valence-corrected chi connectivity index (χ2v) is 3.59. The van der Waals surface area contributed by atoms with Crippen molar-refractivity contribution in [1.82, 2.24) is 4.57 Å². The van der Waals surface area contributed by atoms with E-state index >= 15 is 0 Å². The van der Waals surface area contributed by atoms with Gasteiger partial charge in [0, 0.05) is 13.2 Å². The fourth-order valence-electron chi connectivity index (χ4n) is 1.63. The highest BCUT2D eigenvalue weighted by molar-refractivity contribution is 5.39. The Hall–Kier alpha value is -2.03. The molecule has 2 aromatic rings. The maximum Gasteiger partial charge on any atom is 0.274 e. The van der Waals surface area contributed by atoms with Crippen LogP contribution in [0.15, 0.2) is 53.5 Å². The van der Waals surface area contributed by atoms with Gasteiger partial charge in [-0.05, 0) is 17.7 Å². The Kier molecular flexibility index (Phi) is 3.05. The highest BCUT2D eigenvalue weighted by Gasteiger charge is 2.01. The second-order valence-electron chi connectivity index (χ2n) is 3.59. The van der Waals surface area contributed by atoms with Gasteiger partial charge in [-0.3, -0.25) is 4.79 Å². The van der Waals surface area contributed by atoms with Crippen molar-refractivity contribution in [1.29, 1.82) is 0 Å². The van der Waals surface area contributed by atoms with Gasteiger partial charge in [0.2, 0.25) is 0 Å². The van der Waals surface area contributed by atoms with Crippen molar-refractivity contribution in [3.8, 4) is 0 Å². The maximum atomic E-state index is 11.9. The molecule has 3 heteroatoms. The summed E-state index contributed by atoms with van der Waals surface area (Å²) in [7, 11) is 1.75. The fourth-order valence-corrected chi connectivity index (χ4v) is 1.63. The van der Waals surface area contributed by atoms with E-state index in [0.717, 1.165) is 5.56 Å². The lowest BCUT2D eigenvalue weighted by Crippen LogP contribution is -2.22. The quantitative estimate of drug-likeness (QED) is 0.847. The molecule has 0 aliphatic heterocycles. The smallest absolute Gasteiger partial charge is 0.274 e. The van der Waals surface area contributed by atoms with Crippen molar-refractivity contribution in [2.75, 3.05) is 12.4 Å². The first-order valence-corrected chi connectivity index (χ1v) is 5.22. The predicted octanol–water partition coefficient (Wildman–Crippen LogP) is 1.94. The molecule has 0 saturated heterocycles. The molecule has 0 amide bonds. The summed E-state index contributed by atoms with van der Waals surface area (Å²) < 4.78 is 1.70. The van der Waals surface area contributed by atoms with Crippen molar-refractivity contribution in [3.63, 3.8) is 0 Å². The van der Waals surface area contributed by atoms with Crippen LogP contribution in [0.2, 0.25) is 0 Å². The number of nitrogens with zero attached hydrogens (tertiary/aromatic N) is 1. The Balaban J connectivity index is 2.32. The molecular weight excluding hydrogens is 200 g/mol. The number of benzene rings is 1. The van der Waals surface area contributed by atoms with E-state index in [2.05, 4.69) is 5.32 Å². The summed E-state index contributed by atoms with van der Waals surface area (Å²) in [4.78, 5) is 11.9. The molecule has 1 aromatic heterocycles. The van der Waals surface area contributed by atoms with Gasteiger partial charge in [0.25, 0.3) is 5.56 Å². The summed E-state index contributed by atoms with van der Waals surface area (Å²) in [6, 6.07) is 13.6. The number of aromatic nitrogens is 1. The zero-order valence-corrected chi connectivity index (χ0v) is 9.18. The van der Waals surface area contributed by atoms with Gasteiger partial charge < -0.3 is 9.88 Å². The van der Waals surface area contributed by atoms with E-state index in [0.29, 0.717) is 12.2 Å². The molecule has 3 nitrogen and oxygen atoms in total. The Labute approximate surface area is 94.4 Å². The number of rotatable bonds is 3. The molecule has 0 atom stereocenters. The lowest BCUT2D eigenvalue weighted by atomic mass is 10.2. The number of nitrogens with one attached hydrogen (secondary N) is 1. The van der Waals surface area contributed by atoms with E-state index in [1.807, 2.05) is 36.4 Å². The molecule has 1 heterocycles. The van der Waals surface area contributed by atoms with Crippen LogP contribution in [-0.2, 0) is 6.54 Å². The van der Waals surface area contributed by atoms with Crippen LogP contribution in [0.3, 0.4) is 0 Å². The minimum atomic E-state index is 0.00820. The van der Waals surface area contributed by atoms with Crippen LogP contribution < -0.4 is 10.9 Å². The van der Waals surface area contributed by atoms with Crippen molar-refractivity contribution in [3.05, 3.63) is 64.6 Å². The molecular formula is C13H14N2O. The van der Waals surface area contributed by atoms with E-state index in [4.69, 9.17) is 0 Å². The van der Waals surface area contributed by atoms with Crippen LogP contribution in [0.5, 0.6) is 0 Å². The Bertz CT molecular complexity index is 517. The lowest BCUT2D eigenvalue weighted by molar-refractivity contribution is 0.761. The summed E-state index contributed by atoms with van der Waals surface area (Å²) in [5, 5.41) is 2.89. The van der Waals surface area contributed by atoms with Crippen LogP contribution in [0, 0.1) is 0 Å². The van der Waals surface area contributed by atoms with E-state index in [1.165, 1.54) is 0 Å². The third kappa shape index (κ3) is 2.14. The highest BCUT2D eigenvalue weighted by atomic mass is 16.1. The minimum Gasteiger partial charge on any atom is -0.384 e. The third-order valence-electron chi connectivity index (χ3n) is 2.49. The van der Waals surface area contributed by atoms with Crippen LogP contribution in [0.1, 0.15) is 5.56 Å². The van der Waals surface area contributed by atoms with Gasteiger partial charge in [-0.1, -0.05) is 30.3 Å². The van der Waals surface area contributed by atoms with Crippen molar-refractivity contribution in [2.24, 2.45) is 0 Å². The SMILES string of the molecule is CNc1cccn(Cc2ccccc2)c1=O. The molecule has 0 fully saturated rings. The van der Waals surface area contributed by atoms with E-state index in [-0.39, 0.29) is 5.56 Å². The molecule has 0 radical (unpaired) electrons. The average molecular weight is 214 g/mol. The van der Waals surface area contributed by atoms with Crippen molar-refractivity contribution < 1.29 is 0 Å². The fraction of sp³-hybridized carbons (Fsp3) is 0.154. The Morgan fingerprint density at radius 2 is 1.88 bits per heavy atom. The number of pyridine rings is 1. The normalized spacial score (nSPS) is 10.1. The minimum absolute atomic E-state index is 0.00820. The summed E-state index contributed by atoms with van der Waals surface area (Å²) in [5.41, 5.74) is 1.75. The second kappa shape index (κ2) is 4.66. The zero-order chi connectivity index (χ0) is 11.4. The number of hydrogen-bond donors (Lipinski definition) is 1. The molecule has 0 aliphatic carbocycles. The molecule has 16 heavy (non-hydrogen) atoms. The Morgan fingerprint density at radius 1 is 1.12 bits per heavy atom. The molecule has 0 unspecified atom stereocenters. The molecule has 1 aromatic carbocycles. The molecule has 2 rings (SSSR count). The molecule has 0 saturated carbocycles. The standard InChI is InChI=1S/C13H14N2O/c1-14-12-8-5-9-15(13(12)16)10-11-6-3-2-4-7-11/h2-9,14H,10H2,1H3. The van der Waals surface area contributed by atoms with Gasteiger partial charge in [0.05, 0.1) is 6.54 Å². The van der Waals surface area contributed by atoms with E-state index < -0.39 is 0 Å². The van der Waals surface area contributed by atoms with Crippen LogP contribution in [-0.4, -0.2) is 11.6 Å². The van der Waals surface area contributed by atoms with Crippen LogP contribution in [0.4, 0.5) is 5.69 Å². The molecule has 0 spiro atoms. The van der Waals surface area contributed by atoms with Gasteiger partial charge >= 0.3 is 0 Å². The molecule has 82 valence electrons. The summed E-state index contributed by atoms with van der Waals surface area (Å²) in [5.74, 6) is 0. The predicted molar refractivity (Wildman–Crippen MR) is 65.8 cm³/mol. The average Bonchev–Trinajstić information content (AvgIpc) is 2.33. The molecule has 0 aliphatic rings. The highest BCUT2D eigenvalue weighted by Crippen LogP contribution is 2.02. The van der Waals surface area contributed by atoms with E-state index in [9.17, 15) is 4.79 Å². The van der Waals surface area contributed by atoms with Crippen molar-refractivity contribution in [2.45, 2.75) is 6.54 Å². The monoisotopic (exact) mass is 214 g/mol. The van der Waals surface area contributed by atoms with Crippen LogP contribution in [0.25, 0.3) is 0 Å². The topological polar surface area (TPSA) is 34.0 Å². The van der Waals surface area contributed by atoms with Gasteiger partial charge in [-0.2, -0.15) is 0 Å².